The van der Waals surface area contributed by atoms with E-state index in [1.165, 1.54) is 7.05 Å². The average molecular weight is 386 g/mol. The molecule has 1 heterocycles. The Labute approximate surface area is 153 Å². The van der Waals surface area contributed by atoms with Gasteiger partial charge in [-0.1, -0.05) is 26.8 Å². The third kappa shape index (κ3) is 4.71. The van der Waals surface area contributed by atoms with Crippen LogP contribution >= 0.6 is 0 Å². The van der Waals surface area contributed by atoms with Gasteiger partial charge in [0.1, 0.15) is 0 Å². The van der Waals surface area contributed by atoms with Crippen LogP contribution in [0, 0.1) is 0 Å². The van der Waals surface area contributed by atoms with Gasteiger partial charge in [-0.25, -0.2) is 13.1 Å². The quantitative estimate of drug-likeness (QED) is 0.760. The van der Waals surface area contributed by atoms with Crippen molar-refractivity contribution in [1.82, 2.24) is 4.72 Å². The second kappa shape index (κ2) is 7.48. The summed E-state index contributed by atoms with van der Waals surface area (Å²) >= 11 is 0. The van der Waals surface area contributed by atoms with Crippen molar-refractivity contribution in [2.24, 2.45) is 0 Å². The number of benzene rings is 1. The predicted octanol–water partition coefficient (Wildman–Crippen LogP) is 3.62. The maximum atomic E-state index is 12.0. The fraction of sp³-hybridized carbons (Fsp3) is 0.667. The van der Waals surface area contributed by atoms with E-state index in [4.69, 9.17) is 9.16 Å². The zero-order chi connectivity index (χ0) is 18.9. The number of nitrogens with one attached hydrogen (secondary N) is 1. The normalized spacial score (nSPS) is 18.9. The molecule has 0 aliphatic carbocycles. The molecule has 0 unspecified atom stereocenters. The van der Waals surface area contributed by atoms with Gasteiger partial charge in [0.2, 0.25) is 10.0 Å². The van der Waals surface area contributed by atoms with Gasteiger partial charge in [-0.3, -0.25) is 0 Å². The number of hydrogen-bond acceptors (Lipinski definition) is 4. The van der Waals surface area contributed by atoms with Gasteiger partial charge in [0.05, 0.1) is 17.6 Å². The molecular weight excluding hydrogens is 354 g/mol. The van der Waals surface area contributed by atoms with Crippen molar-refractivity contribution in [2.45, 2.75) is 62.7 Å². The van der Waals surface area contributed by atoms with E-state index >= 15 is 0 Å². The molecule has 0 fully saturated rings. The first-order chi connectivity index (χ1) is 11.5. The highest BCUT2D eigenvalue weighted by atomic mass is 32.2. The Balaban J connectivity index is 2.10. The summed E-state index contributed by atoms with van der Waals surface area (Å²) in [5, 5.41) is 0.189. The molecule has 0 saturated carbocycles. The maximum absolute atomic E-state index is 12.0. The van der Waals surface area contributed by atoms with Crippen LogP contribution in [0.15, 0.2) is 23.1 Å². The summed E-state index contributed by atoms with van der Waals surface area (Å²) in [6.45, 7) is 12.5. The molecule has 142 valence electrons. The van der Waals surface area contributed by atoms with Crippen molar-refractivity contribution in [2.75, 3.05) is 20.3 Å². The van der Waals surface area contributed by atoms with Crippen LogP contribution < -0.4 is 4.72 Å². The minimum atomic E-state index is -3.41. The van der Waals surface area contributed by atoms with Gasteiger partial charge < -0.3 is 9.16 Å². The van der Waals surface area contributed by atoms with E-state index in [2.05, 4.69) is 38.6 Å². The van der Waals surface area contributed by atoms with Crippen molar-refractivity contribution in [3.8, 4) is 0 Å². The highest BCUT2D eigenvalue weighted by Crippen LogP contribution is 2.37. The lowest BCUT2D eigenvalue weighted by atomic mass is 9.96. The lowest BCUT2D eigenvalue weighted by molar-refractivity contribution is 0.0264. The SMILES string of the molecule is CNS(=O)(=O)c1ccc2c(c1)CCO[C@H]2CCO[Si](C)(C)C(C)(C)C. The van der Waals surface area contributed by atoms with Gasteiger partial charge in [0, 0.05) is 6.61 Å². The van der Waals surface area contributed by atoms with Crippen LogP contribution in [-0.4, -0.2) is 37.0 Å². The summed E-state index contributed by atoms with van der Waals surface area (Å²) < 4.78 is 38.5. The first kappa shape index (κ1) is 20.6. The van der Waals surface area contributed by atoms with E-state index in [9.17, 15) is 8.42 Å². The maximum Gasteiger partial charge on any atom is 0.240 e. The molecule has 0 amide bonds. The van der Waals surface area contributed by atoms with Gasteiger partial charge in [0.15, 0.2) is 8.32 Å². The van der Waals surface area contributed by atoms with Gasteiger partial charge in [-0.15, -0.1) is 0 Å². The van der Waals surface area contributed by atoms with Crippen molar-refractivity contribution >= 4 is 18.3 Å². The Bertz CT molecular complexity index is 710. The summed E-state index contributed by atoms with van der Waals surface area (Å²) in [5.74, 6) is 0. The molecule has 1 N–H and O–H groups in total. The lowest BCUT2D eigenvalue weighted by Crippen LogP contribution is -2.41. The molecular formula is C18H31NO4SSi. The second-order valence-corrected chi connectivity index (χ2v) is 14.8. The Kier molecular flexibility index (Phi) is 6.16. The molecule has 0 bridgehead atoms. The molecule has 1 atom stereocenters. The van der Waals surface area contributed by atoms with Crippen molar-refractivity contribution in [3.63, 3.8) is 0 Å². The van der Waals surface area contributed by atoms with E-state index in [1.807, 2.05) is 6.07 Å². The topological polar surface area (TPSA) is 64.6 Å². The first-order valence-corrected chi connectivity index (χ1v) is 13.2. The summed E-state index contributed by atoms with van der Waals surface area (Å²) in [6, 6.07) is 5.31. The number of fused-ring (bicyclic) bond motifs is 1. The third-order valence-electron chi connectivity index (χ3n) is 5.38. The summed E-state index contributed by atoms with van der Waals surface area (Å²) in [4.78, 5) is 0.312. The molecule has 1 aromatic rings. The van der Waals surface area contributed by atoms with Crippen LogP contribution in [0.25, 0.3) is 0 Å². The second-order valence-electron chi connectivity index (χ2n) is 8.08. The van der Waals surface area contributed by atoms with Crippen LogP contribution in [0.3, 0.4) is 0 Å². The van der Waals surface area contributed by atoms with Crippen molar-refractivity contribution < 1.29 is 17.6 Å². The van der Waals surface area contributed by atoms with E-state index < -0.39 is 18.3 Å². The Hall–Kier alpha value is -0.733. The van der Waals surface area contributed by atoms with Gasteiger partial charge in [0.25, 0.3) is 0 Å². The minimum Gasteiger partial charge on any atom is -0.417 e. The van der Waals surface area contributed by atoms with Crippen molar-refractivity contribution in [1.29, 1.82) is 0 Å². The summed E-state index contributed by atoms with van der Waals surface area (Å²) in [5.41, 5.74) is 2.14. The molecule has 1 aromatic carbocycles. The Morgan fingerprint density at radius 2 is 2.00 bits per heavy atom. The summed E-state index contributed by atoms with van der Waals surface area (Å²) in [6.07, 6.45) is 1.50. The average Bonchev–Trinajstić information content (AvgIpc) is 2.53. The number of hydrogen-bond donors (Lipinski definition) is 1. The van der Waals surface area contributed by atoms with E-state index in [0.29, 0.717) is 18.1 Å². The van der Waals surface area contributed by atoms with Gasteiger partial charge in [-0.05, 0) is 61.3 Å². The molecule has 0 aromatic heterocycles. The molecule has 0 radical (unpaired) electrons. The van der Waals surface area contributed by atoms with Gasteiger partial charge in [-0.2, -0.15) is 0 Å². The van der Waals surface area contributed by atoms with E-state index in [0.717, 1.165) is 24.0 Å². The third-order valence-corrected chi connectivity index (χ3v) is 11.3. The van der Waals surface area contributed by atoms with Crippen LogP contribution in [0.5, 0.6) is 0 Å². The monoisotopic (exact) mass is 385 g/mol. The number of rotatable bonds is 6. The first-order valence-electron chi connectivity index (χ1n) is 8.80. The summed E-state index contributed by atoms with van der Waals surface area (Å²) in [7, 11) is -3.75. The van der Waals surface area contributed by atoms with E-state index in [1.54, 1.807) is 12.1 Å². The van der Waals surface area contributed by atoms with Crippen LogP contribution in [0.4, 0.5) is 0 Å². The zero-order valence-electron chi connectivity index (χ0n) is 16.2. The largest absolute Gasteiger partial charge is 0.417 e. The Morgan fingerprint density at radius 1 is 1.32 bits per heavy atom. The minimum absolute atomic E-state index is 0.0279. The predicted molar refractivity (Wildman–Crippen MR) is 103 cm³/mol. The molecule has 2 rings (SSSR count). The molecule has 0 saturated heterocycles. The highest BCUT2D eigenvalue weighted by molar-refractivity contribution is 7.89. The zero-order valence-corrected chi connectivity index (χ0v) is 18.0. The number of ether oxygens (including phenoxy) is 1. The van der Waals surface area contributed by atoms with Crippen LogP contribution in [0.2, 0.25) is 18.1 Å². The molecule has 5 nitrogen and oxygen atoms in total. The molecule has 25 heavy (non-hydrogen) atoms. The lowest BCUT2D eigenvalue weighted by Gasteiger charge is -2.37. The number of sulfonamides is 1. The van der Waals surface area contributed by atoms with E-state index in [-0.39, 0.29) is 11.1 Å². The molecule has 7 heteroatoms. The standard InChI is InChI=1S/C18H31NO4SSi/c1-18(2,3)25(5,6)23-12-10-17-16-8-7-15(24(20,21)19-4)13-14(16)9-11-22-17/h7-8,13,17,19H,9-12H2,1-6H3/t17-/m0/s1. The van der Waals surface area contributed by atoms with Crippen LogP contribution in [0.1, 0.15) is 44.4 Å². The van der Waals surface area contributed by atoms with Crippen molar-refractivity contribution in [3.05, 3.63) is 29.3 Å². The Morgan fingerprint density at radius 3 is 2.60 bits per heavy atom. The van der Waals surface area contributed by atoms with Gasteiger partial charge >= 0.3 is 0 Å². The fourth-order valence-electron chi connectivity index (χ4n) is 2.68. The smallest absolute Gasteiger partial charge is 0.240 e. The fourth-order valence-corrected chi connectivity index (χ4v) is 4.52. The highest BCUT2D eigenvalue weighted by Gasteiger charge is 2.37. The molecule has 1 aliphatic rings. The van der Waals surface area contributed by atoms with Crippen LogP contribution in [-0.2, 0) is 25.6 Å². The molecule has 1 aliphatic heterocycles. The molecule has 0 spiro atoms.